The van der Waals surface area contributed by atoms with E-state index in [-0.39, 0.29) is 10.6 Å². The van der Waals surface area contributed by atoms with Crippen molar-refractivity contribution in [2.45, 2.75) is 52.9 Å². The van der Waals surface area contributed by atoms with E-state index in [4.69, 9.17) is 0 Å². The van der Waals surface area contributed by atoms with Crippen LogP contribution in [0.5, 0.6) is 5.75 Å². The summed E-state index contributed by atoms with van der Waals surface area (Å²) in [6.45, 7) is 11.5. The van der Waals surface area contributed by atoms with Gasteiger partial charge < -0.3 is 5.11 Å². The highest BCUT2D eigenvalue weighted by molar-refractivity contribution is 7.85. The van der Waals surface area contributed by atoms with Crippen LogP contribution in [0.15, 0.2) is 81.9 Å². The highest BCUT2D eigenvalue weighted by Gasteiger charge is 2.17. The maximum absolute atomic E-state index is 11.3. The van der Waals surface area contributed by atoms with Crippen LogP contribution in [0.2, 0.25) is 0 Å². The molecule has 0 atom stereocenters. The molecule has 0 aliphatic heterocycles. The molecule has 0 radical (unpaired) electrons. The summed E-state index contributed by atoms with van der Waals surface area (Å²) in [5.41, 5.74) is 1.35. The van der Waals surface area contributed by atoms with Gasteiger partial charge in [0, 0.05) is 12.4 Å². The van der Waals surface area contributed by atoms with Gasteiger partial charge in [-0.15, -0.1) is 0 Å². The van der Waals surface area contributed by atoms with Crippen molar-refractivity contribution in [1.82, 2.24) is 0 Å². The Labute approximate surface area is 209 Å². The molecule has 35 heavy (non-hydrogen) atoms. The number of aromatic hydroxyl groups is 1. The Kier molecular flexibility index (Phi) is 12.1. The quantitative estimate of drug-likeness (QED) is 0.215. The second-order valence-electron chi connectivity index (χ2n) is 7.56. The van der Waals surface area contributed by atoms with Gasteiger partial charge in [0.15, 0.2) is 5.75 Å². The minimum atomic E-state index is -4.29. The summed E-state index contributed by atoms with van der Waals surface area (Å²) in [5, 5.41) is 21.3. The Balaban J connectivity index is 0.000000338. The van der Waals surface area contributed by atoms with Crippen molar-refractivity contribution < 1.29 is 18.1 Å². The van der Waals surface area contributed by atoms with E-state index in [0.717, 1.165) is 0 Å². The lowest BCUT2D eigenvalue weighted by atomic mass is 10.0. The lowest BCUT2D eigenvalue weighted by Crippen LogP contribution is -2.01. The molecule has 0 amide bonds. The van der Waals surface area contributed by atoms with Crippen LogP contribution >= 0.6 is 0 Å². The third kappa shape index (κ3) is 8.16. The third-order valence-corrected chi connectivity index (χ3v) is 5.70. The van der Waals surface area contributed by atoms with Gasteiger partial charge >= 0.3 is 0 Å². The second kappa shape index (κ2) is 14.2. The van der Waals surface area contributed by atoms with E-state index in [1.54, 1.807) is 19.9 Å². The highest BCUT2D eigenvalue weighted by Crippen LogP contribution is 2.39. The normalized spacial score (nSPS) is 10.6. The zero-order chi connectivity index (χ0) is 26.6. The maximum Gasteiger partial charge on any atom is 0.294 e. The van der Waals surface area contributed by atoms with Gasteiger partial charge in [-0.1, -0.05) is 82.6 Å². The van der Waals surface area contributed by atoms with Crippen LogP contribution < -0.4 is 0 Å². The van der Waals surface area contributed by atoms with Crippen molar-refractivity contribution in [3.8, 4) is 5.75 Å². The molecule has 0 aromatic heterocycles. The van der Waals surface area contributed by atoms with Gasteiger partial charge in [0.2, 0.25) is 0 Å². The van der Waals surface area contributed by atoms with E-state index < -0.39 is 10.1 Å². The standard InChI is InChI=1S/C13H14N2O4S.C10H8.C3H8.C2H6/c1-7-5-10-9(6-11(7)20(17,18)19)4-8(2)12(13(10)16)15-14-3;1-2-6-10-8-4-3-7-9(10)5-1;1-3-2;1-2/h4-6,16H,1-3H3,(H,17,18,19);1-8H;3H2,1-2H3;1-2H3. The Bertz CT molecular complexity index is 1320. The van der Waals surface area contributed by atoms with Crippen molar-refractivity contribution in [2.24, 2.45) is 10.2 Å². The molecule has 4 aromatic carbocycles. The van der Waals surface area contributed by atoms with E-state index in [1.807, 2.05) is 13.8 Å². The topological polar surface area (TPSA) is 99.3 Å². The molecule has 2 N–H and O–H groups in total. The molecule has 0 unspecified atom stereocenters. The Morgan fingerprint density at radius 2 is 1.26 bits per heavy atom. The monoisotopic (exact) mass is 496 g/mol. The number of hydrogen-bond donors (Lipinski definition) is 2. The largest absolute Gasteiger partial charge is 0.505 e. The molecule has 7 heteroatoms. The Morgan fingerprint density at radius 1 is 0.800 bits per heavy atom. The van der Waals surface area contributed by atoms with Crippen molar-refractivity contribution in [2.75, 3.05) is 7.05 Å². The number of aryl methyl sites for hydroxylation is 2. The molecule has 4 aromatic rings. The molecule has 0 aliphatic carbocycles. The smallest absolute Gasteiger partial charge is 0.294 e. The van der Waals surface area contributed by atoms with Crippen molar-refractivity contribution in [1.29, 1.82) is 0 Å². The van der Waals surface area contributed by atoms with Crippen LogP contribution in [0.1, 0.15) is 45.2 Å². The van der Waals surface area contributed by atoms with Crippen molar-refractivity contribution in [3.05, 3.63) is 77.9 Å². The Hall–Kier alpha value is -3.29. The molecule has 188 valence electrons. The van der Waals surface area contributed by atoms with Crippen LogP contribution in [0.25, 0.3) is 21.5 Å². The van der Waals surface area contributed by atoms with E-state index in [0.29, 0.717) is 27.6 Å². The number of benzene rings is 4. The van der Waals surface area contributed by atoms with E-state index in [2.05, 4.69) is 72.6 Å². The first kappa shape index (κ1) is 29.7. The fourth-order valence-corrected chi connectivity index (χ4v) is 4.02. The molecule has 0 aliphatic rings. The number of phenols is 1. The van der Waals surface area contributed by atoms with Gasteiger partial charge in [-0.05, 0) is 59.3 Å². The molecule has 0 saturated heterocycles. The van der Waals surface area contributed by atoms with E-state index in [1.165, 1.54) is 36.4 Å². The van der Waals surface area contributed by atoms with Crippen molar-refractivity contribution in [3.63, 3.8) is 0 Å². The van der Waals surface area contributed by atoms with Crippen LogP contribution in [-0.2, 0) is 10.1 Å². The van der Waals surface area contributed by atoms with Crippen LogP contribution in [0.3, 0.4) is 0 Å². The first-order valence-corrected chi connectivity index (χ1v) is 13.1. The summed E-state index contributed by atoms with van der Waals surface area (Å²) in [6, 6.07) is 21.2. The zero-order valence-electron chi connectivity index (χ0n) is 21.6. The first-order valence-electron chi connectivity index (χ1n) is 11.6. The average molecular weight is 497 g/mol. The first-order chi connectivity index (χ1) is 16.6. The Morgan fingerprint density at radius 3 is 1.66 bits per heavy atom. The molecule has 6 nitrogen and oxygen atoms in total. The third-order valence-electron chi connectivity index (χ3n) is 4.71. The predicted octanol–water partition coefficient (Wildman–Crippen LogP) is 8.40. The van der Waals surface area contributed by atoms with Crippen molar-refractivity contribution >= 4 is 37.4 Å². The molecule has 0 fully saturated rings. The van der Waals surface area contributed by atoms with E-state index in [9.17, 15) is 18.1 Å². The minimum Gasteiger partial charge on any atom is -0.505 e. The van der Waals surface area contributed by atoms with E-state index >= 15 is 0 Å². The summed E-state index contributed by atoms with van der Waals surface area (Å²) in [7, 11) is -2.80. The van der Waals surface area contributed by atoms with Gasteiger partial charge in [-0.25, -0.2) is 0 Å². The minimum absolute atomic E-state index is 0.0596. The lowest BCUT2D eigenvalue weighted by molar-refractivity contribution is 0.480. The number of azo groups is 1. The molecular formula is C28H36N2O4S. The number of nitrogens with zero attached hydrogens (tertiary/aromatic N) is 2. The summed E-state index contributed by atoms with van der Waals surface area (Å²) in [4.78, 5) is -0.173. The average Bonchev–Trinajstić information content (AvgIpc) is 2.84. The van der Waals surface area contributed by atoms with Gasteiger partial charge in [0.25, 0.3) is 10.1 Å². The molecule has 0 saturated carbocycles. The number of phenolic OH excluding ortho intramolecular Hbond substituents is 1. The van der Waals surface area contributed by atoms with Crippen LogP contribution in [0.4, 0.5) is 5.69 Å². The summed E-state index contributed by atoms with van der Waals surface area (Å²) in [6.07, 6.45) is 1.25. The fraction of sp³-hybridized carbons (Fsp3) is 0.286. The van der Waals surface area contributed by atoms with Gasteiger partial charge in [-0.2, -0.15) is 18.6 Å². The maximum atomic E-state index is 11.3. The van der Waals surface area contributed by atoms with Gasteiger partial charge in [0.1, 0.15) is 5.69 Å². The molecule has 0 bridgehead atoms. The second-order valence-corrected chi connectivity index (χ2v) is 8.95. The summed E-state index contributed by atoms with van der Waals surface area (Å²) < 4.78 is 31.8. The number of rotatable bonds is 2. The predicted molar refractivity (Wildman–Crippen MR) is 147 cm³/mol. The highest BCUT2D eigenvalue weighted by atomic mass is 32.2. The number of hydrogen-bond acceptors (Lipinski definition) is 5. The van der Waals surface area contributed by atoms with Gasteiger partial charge in [-0.3, -0.25) is 4.55 Å². The molecule has 4 rings (SSSR count). The summed E-state index contributed by atoms with van der Waals surface area (Å²) in [5.74, 6) is -0.0596. The van der Waals surface area contributed by atoms with Crippen LogP contribution in [0, 0.1) is 13.8 Å². The fourth-order valence-electron chi connectivity index (χ4n) is 3.28. The molecule has 0 heterocycles. The molecular weight excluding hydrogens is 460 g/mol. The molecule has 0 spiro atoms. The lowest BCUT2D eigenvalue weighted by Gasteiger charge is -2.10. The zero-order valence-corrected chi connectivity index (χ0v) is 22.4. The SMILES string of the molecule is CC.CCC.CN=Nc1c(C)cc2cc(S(=O)(=O)O)c(C)cc2c1O.c1ccc2ccccc2c1. The number of fused-ring (bicyclic) bond motifs is 2. The van der Waals surface area contributed by atoms with Crippen LogP contribution in [-0.4, -0.2) is 25.1 Å². The summed E-state index contributed by atoms with van der Waals surface area (Å²) >= 11 is 0. The van der Waals surface area contributed by atoms with Gasteiger partial charge in [0.05, 0.1) is 4.90 Å².